The molecule has 0 fully saturated rings. The van der Waals surface area contributed by atoms with Crippen molar-refractivity contribution in [1.82, 2.24) is 4.90 Å². The fourth-order valence-corrected chi connectivity index (χ4v) is 1.45. The first-order chi connectivity index (χ1) is 5.09. The summed E-state index contributed by atoms with van der Waals surface area (Å²) in [6, 6.07) is 1.39. The fraction of sp³-hybridized carbons (Fsp3) is 1.00. The Labute approximate surface area is 71.8 Å². The van der Waals surface area contributed by atoms with Crippen LogP contribution >= 0.6 is 0 Å². The summed E-state index contributed by atoms with van der Waals surface area (Å²) in [5.41, 5.74) is 0. The van der Waals surface area contributed by atoms with Gasteiger partial charge in [-0.05, 0) is 40.7 Å². The number of hydrogen-bond acceptors (Lipinski definition) is 1. The van der Waals surface area contributed by atoms with E-state index in [1.807, 2.05) is 0 Å². The summed E-state index contributed by atoms with van der Waals surface area (Å²) in [6.45, 7) is 12.6. The minimum absolute atomic E-state index is 0.696. The van der Waals surface area contributed by atoms with Crippen LogP contribution in [-0.2, 0) is 0 Å². The van der Waals surface area contributed by atoms with E-state index in [-0.39, 0.29) is 0 Å². The molecule has 0 amide bonds. The fourth-order valence-electron chi connectivity index (χ4n) is 1.45. The molecule has 0 unspecified atom stereocenters. The number of unbranched alkanes of at least 4 members (excludes halogenated alkanes) is 1. The summed E-state index contributed by atoms with van der Waals surface area (Å²) in [5, 5.41) is 0. The van der Waals surface area contributed by atoms with Gasteiger partial charge < -0.3 is 0 Å². The van der Waals surface area contributed by atoms with Gasteiger partial charge in [0.15, 0.2) is 0 Å². The molecule has 0 saturated heterocycles. The molecule has 0 saturated carbocycles. The molecule has 0 aromatic heterocycles. The lowest BCUT2D eigenvalue weighted by Gasteiger charge is -2.30. The molecule has 0 aliphatic rings. The Bertz CT molecular complexity index is 78.9. The van der Waals surface area contributed by atoms with Gasteiger partial charge in [-0.3, -0.25) is 4.90 Å². The highest BCUT2D eigenvalue weighted by atomic mass is 15.2. The van der Waals surface area contributed by atoms with Crippen molar-refractivity contribution in [1.29, 1.82) is 0 Å². The van der Waals surface area contributed by atoms with Gasteiger partial charge in [-0.2, -0.15) is 0 Å². The molecule has 11 heavy (non-hydrogen) atoms. The van der Waals surface area contributed by atoms with Crippen LogP contribution < -0.4 is 0 Å². The third-order valence-electron chi connectivity index (χ3n) is 2.10. The molecule has 0 heterocycles. The standard InChI is InChI=1S/C10H23N/c1-6-7-8-11(9(2)3)10(4)5/h9-10H,6-8H2,1-5H3. The first-order valence-electron chi connectivity index (χ1n) is 4.85. The van der Waals surface area contributed by atoms with E-state index in [0.29, 0.717) is 12.1 Å². The zero-order chi connectivity index (χ0) is 8.85. The lowest BCUT2D eigenvalue weighted by molar-refractivity contribution is 0.172. The first kappa shape index (κ1) is 11.0. The highest BCUT2D eigenvalue weighted by Crippen LogP contribution is 2.06. The molecule has 0 spiro atoms. The van der Waals surface area contributed by atoms with Crippen LogP contribution in [0, 0.1) is 0 Å². The van der Waals surface area contributed by atoms with Crippen molar-refractivity contribution in [2.75, 3.05) is 6.54 Å². The summed E-state index contributed by atoms with van der Waals surface area (Å²) in [6.07, 6.45) is 2.63. The van der Waals surface area contributed by atoms with Crippen LogP contribution in [0.1, 0.15) is 47.5 Å². The number of nitrogens with zero attached hydrogens (tertiary/aromatic N) is 1. The van der Waals surface area contributed by atoms with Gasteiger partial charge in [-0.15, -0.1) is 0 Å². The second kappa shape index (κ2) is 5.59. The predicted octanol–water partition coefficient (Wildman–Crippen LogP) is 2.91. The van der Waals surface area contributed by atoms with Gasteiger partial charge in [0.05, 0.1) is 0 Å². The van der Waals surface area contributed by atoms with Crippen LogP contribution in [0.5, 0.6) is 0 Å². The maximum absolute atomic E-state index is 2.55. The molecule has 0 N–H and O–H groups in total. The summed E-state index contributed by atoms with van der Waals surface area (Å²) in [4.78, 5) is 2.55. The van der Waals surface area contributed by atoms with Crippen molar-refractivity contribution in [3.05, 3.63) is 0 Å². The smallest absolute Gasteiger partial charge is 0.00412 e. The zero-order valence-corrected chi connectivity index (χ0v) is 8.72. The Hall–Kier alpha value is -0.0400. The largest absolute Gasteiger partial charge is 0.299 e. The molecule has 68 valence electrons. The predicted molar refractivity (Wildman–Crippen MR) is 51.9 cm³/mol. The SMILES string of the molecule is CCCCN(C(C)C)C(C)C. The van der Waals surface area contributed by atoms with Gasteiger partial charge in [0.25, 0.3) is 0 Å². The summed E-state index contributed by atoms with van der Waals surface area (Å²) in [5.74, 6) is 0. The van der Waals surface area contributed by atoms with E-state index in [0.717, 1.165) is 0 Å². The van der Waals surface area contributed by atoms with Crippen LogP contribution in [0.3, 0.4) is 0 Å². The van der Waals surface area contributed by atoms with Crippen molar-refractivity contribution in [3.8, 4) is 0 Å². The van der Waals surface area contributed by atoms with E-state index in [1.54, 1.807) is 0 Å². The van der Waals surface area contributed by atoms with Gasteiger partial charge in [-0.25, -0.2) is 0 Å². The van der Waals surface area contributed by atoms with Crippen LogP contribution in [-0.4, -0.2) is 23.5 Å². The quantitative estimate of drug-likeness (QED) is 0.593. The third kappa shape index (κ3) is 4.41. The topological polar surface area (TPSA) is 3.24 Å². The van der Waals surface area contributed by atoms with Gasteiger partial charge in [0.2, 0.25) is 0 Å². The molecule has 0 radical (unpaired) electrons. The minimum Gasteiger partial charge on any atom is -0.299 e. The van der Waals surface area contributed by atoms with Gasteiger partial charge in [-0.1, -0.05) is 13.3 Å². The minimum atomic E-state index is 0.696. The van der Waals surface area contributed by atoms with Crippen LogP contribution in [0.4, 0.5) is 0 Å². The van der Waals surface area contributed by atoms with Crippen LogP contribution in [0.15, 0.2) is 0 Å². The molecule has 0 bridgehead atoms. The van der Waals surface area contributed by atoms with Gasteiger partial charge in [0, 0.05) is 12.1 Å². The molecule has 0 aromatic rings. The Morgan fingerprint density at radius 2 is 1.45 bits per heavy atom. The second-order valence-electron chi connectivity index (χ2n) is 3.78. The maximum Gasteiger partial charge on any atom is 0.00412 e. The molecular formula is C10H23N. The van der Waals surface area contributed by atoms with Gasteiger partial charge in [0.1, 0.15) is 0 Å². The van der Waals surface area contributed by atoms with E-state index in [1.165, 1.54) is 19.4 Å². The molecule has 0 aliphatic heterocycles. The summed E-state index contributed by atoms with van der Waals surface area (Å²) >= 11 is 0. The Balaban J connectivity index is 3.70. The van der Waals surface area contributed by atoms with E-state index in [2.05, 4.69) is 39.5 Å². The van der Waals surface area contributed by atoms with Crippen molar-refractivity contribution in [3.63, 3.8) is 0 Å². The molecule has 0 atom stereocenters. The third-order valence-corrected chi connectivity index (χ3v) is 2.10. The lowest BCUT2D eigenvalue weighted by Crippen LogP contribution is -2.37. The van der Waals surface area contributed by atoms with Crippen molar-refractivity contribution in [2.45, 2.75) is 59.5 Å². The monoisotopic (exact) mass is 157 g/mol. The van der Waals surface area contributed by atoms with Gasteiger partial charge >= 0.3 is 0 Å². The molecule has 0 aromatic carbocycles. The van der Waals surface area contributed by atoms with E-state index in [9.17, 15) is 0 Å². The molecular weight excluding hydrogens is 134 g/mol. The van der Waals surface area contributed by atoms with Crippen molar-refractivity contribution >= 4 is 0 Å². The Kier molecular flexibility index (Phi) is 5.57. The van der Waals surface area contributed by atoms with Crippen molar-refractivity contribution in [2.24, 2.45) is 0 Å². The average Bonchev–Trinajstić information content (AvgIpc) is 1.87. The van der Waals surface area contributed by atoms with E-state index >= 15 is 0 Å². The molecule has 0 rings (SSSR count). The normalized spacial score (nSPS) is 12.0. The second-order valence-corrected chi connectivity index (χ2v) is 3.78. The molecule has 1 nitrogen and oxygen atoms in total. The maximum atomic E-state index is 2.55. The summed E-state index contributed by atoms with van der Waals surface area (Å²) in [7, 11) is 0. The first-order valence-corrected chi connectivity index (χ1v) is 4.85. The Morgan fingerprint density at radius 1 is 1.00 bits per heavy atom. The highest BCUT2D eigenvalue weighted by Gasteiger charge is 2.11. The highest BCUT2D eigenvalue weighted by molar-refractivity contribution is 4.66. The Morgan fingerprint density at radius 3 is 1.73 bits per heavy atom. The number of rotatable bonds is 5. The number of hydrogen-bond donors (Lipinski definition) is 0. The van der Waals surface area contributed by atoms with E-state index in [4.69, 9.17) is 0 Å². The van der Waals surface area contributed by atoms with Crippen LogP contribution in [0.2, 0.25) is 0 Å². The molecule has 0 aliphatic carbocycles. The lowest BCUT2D eigenvalue weighted by atomic mass is 10.2. The zero-order valence-electron chi connectivity index (χ0n) is 8.72. The molecule has 1 heteroatoms. The summed E-state index contributed by atoms with van der Waals surface area (Å²) < 4.78 is 0. The van der Waals surface area contributed by atoms with E-state index < -0.39 is 0 Å². The average molecular weight is 157 g/mol. The van der Waals surface area contributed by atoms with Crippen molar-refractivity contribution < 1.29 is 0 Å². The van der Waals surface area contributed by atoms with Crippen LogP contribution in [0.25, 0.3) is 0 Å².